The van der Waals surface area contributed by atoms with Crippen molar-refractivity contribution >= 4 is 11.9 Å². The topological polar surface area (TPSA) is 63.0 Å². The lowest BCUT2D eigenvalue weighted by molar-refractivity contribution is -0.137. The number of hydrogen-bond donors (Lipinski definition) is 0. The van der Waals surface area contributed by atoms with Crippen molar-refractivity contribution in [2.75, 3.05) is 6.61 Å². The smallest absolute Gasteiger partial charge is 0.417 e. The van der Waals surface area contributed by atoms with Gasteiger partial charge in [-0.15, -0.1) is 0 Å². The van der Waals surface area contributed by atoms with Crippen LogP contribution in [-0.4, -0.2) is 17.4 Å². The Morgan fingerprint density at radius 3 is 2.64 bits per heavy atom. The molecule has 1 aliphatic rings. The number of ketones is 1. The molecule has 1 aromatic heterocycles. The van der Waals surface area contributed by atoms with Crippen LogP contribution >= 0.6 is 0 Å². The van der Waals surface area contributed by atoms with Gasteiger partial charge in [-0.25, -0.2) is 0 Å². The first-order chi connectivity index (χ1) is 11.9. The SMILES string of the molecule is N#C[C@H](C(=O)C1=Cc2ccccc2OC1)c1ccc(C(F)(F)F)cn1. The number of benzene rings is 1. The van der Waals surface area contributed by atoms with E-state index < -0.39 is 23.4 Å². The second-order valence-electron chi connectivity index (χ2n) is 5.39. The number of ether oxygens (including phenoxy) is 1. The molecule has 0 saturated heterocycles. The summed E-state index contributed by atoms with van der Waals surface area (Å²) in [6.07, 6.45) is -2.29. The normalized spacial score (nSPS) is 14.6. The van der Waals surface area contributed by atoms with Gasteiger partial charge in [-0.05, 0) is 24.3 Å². The van der Waals surface area contributed by atoms with E-state index in [1.807, 2.05) is 6.07 Å². The first-order valence-corrected chi connectivity index (χ1v) is 7.29. The van der Waals surface area contributed by atoms with E-state index >= 15 is 0 Å². The molecule has 1 atom stereocenters. The first kappa shape index (κ1) is 16.7. The summed E-state index contributed by atoms with van der Waals surface area (Å²) in [6.45, 7) is -0.00530. The number of halogens is 3. The Bertz CT molecular complexity index is 880. The zero-order valence-corrected chi connectivity index (χ0v) is 12.7. The number of nitrogens with zero attached hydrogens (tertiary/aromatic N) is 2. The summed E-state index contributed by atoms with van der Waals surface area (Å²) < 4.78 is 43.3. The number of rotatable bonds is 3. The molecule has 25 heavy (non-hydrogen) atoms. The van der Waals surface area contributed by atoms with Gasteiger partial charge in [-0.1, -0.05) is 18.2 Å². The number of pyridine rings is 1. The number of nitriles is 1. The number of hydrogen-bond acceptors (Lipinski definition) is 4. The number of carbonyl (C=O) groups is 1. The van der Waals surface area contributed by atoms with Gasteiger partial charge < -0.3 is 4.74 Å². The second-order valence-corrected chi connectivity index (χ2v) is 5.39. The maximum Gasteiger partial charge on any atom is 0.417 e. The van der Waals surface area contributed by atoms with Gasteiger partial charge in [-0.3, -0.25) is 9.78 Å². The quantitative estimate of drug-likeness (QED) is 0.851. The second kappa shape index (κ2) is 6.40. The lowest BCUT2D eigenvalue weighted by atomic mass is 9.93. The summed E-state index contributed by atoms with van der Waals surface area (Å²) in [7, 11) is 0. The molecule has 4 nitrogen and oxygen atoms in total. The monoisotopic (exact) mass is 344 g/mol. The molecular formula is C18H11F3N2O2. The molecule has 1 aromatic carbocycles. The van der Waals surface area contributed by atoms with Crippen LogP contribution in [0, 0.1) is 11.3 Å². The lowest BCUT2D eigenvalue weighted by Gasteiger charge is -2.18. The molecule has 0 N–H and O–H groups in total. The fourth-order valence-corrected chi connectivity index (χ4v) is 2.45. The third kappa shape index (κ3) is 3.38. The Kier molecular flexibility index (Phi) is 4.28. The summed E-state index contributed by atoms with van der Waals surface area (Å²) in [4.78, 5) is 16.2. The molecule has 0 aliphatic carbocycles. The van der Waals surface area contributed by atoms with Gasteiger partial charge >= 0.3 is 6.18 Å². The van der Waals surface area contributed by atoms with Crippen LogP contribution < -0.4 is 4.74 Å². The van der Waals surface area contributed by atoms with Gasteiger partial charge in [0.15, 0.2) is 11.7 Å². The molecular weight excluding hydrogens is 333 g/mol. The van der Waals surface area contributed by atoms with Crippen molar-refractivity contribution < 1.29 is 22.7 Å². The summed E-state index contributed by atoms with van der Waals surface area (Å²) >= 11 is 0. The molecule has 2 aromatic rings. The van der Waals surface area contributed by atoms with E-state index in [0.717, 1.165) is 12.1 Å². The van der Waals surface area contributed by atoms with E-state index in [1.54, 1.807) is 30.3 Å². The van der Waals surface area contributed by atoms with Crippen molar-refractivity contribution in [2.24, 2.45) is 0 Å². The molecule has 0 fully saturated rings. The van der Waals surface area contributed by atoms with Gasteiger partial charge in [0, 0.05) is 17.3 Å². The van der Waals surface area contributed by atoms with Crippen molar-refractivity contribution in [1.82, 2.24) is 4.98 Å². The van der Waals surface area contributed by atoms with Crippen molar-refractivity contribution in [3.8, 4) is 11.8 Å². The van der Waals surface area contributed by atoms with Crippen LogP contribution in [0.25, 0.3) is 6.08 Å². The molecule has 0 saturated carbocycles. The molecule has 0 bridgehead atoms. The Labute approximate surface area is 141 Å². The Morgan fingerprint density at radius 1 is 1.24 bits per heavy atom. The van der Waals surface area contributed by atoms with Crippen LogP contribution in [0.5, 0.6) is 5.75 Å². The molecule has 1 aliphatic heterocycles. The molecule has 0 spiro atoms. The minimum atomic E-state index is -4.53. The number of carbonyl (C=O) groups excluding carboxylic acids is 1. The fourth-order valence-electron chi connectivity index (χ4n) is 2.45. The minimum Gasteiger partial charge on any atom is -0.488 e. The van der Waals surface area contributed by atoms with Crippen LogP contribution in [0.1, 0.15) is 22.7 Å². The highest BCUT2D eigenvalue weighted by Gasteiger charge is 2.32. The van der Waals surface area contributed by atoms with Crippen LogP contribution in [0.3, 0.4) is 0 Å². The number of Topliss-reactive ketones (excluding diaryl/α,β-unsaturated/α-hetero) is 1. The maximum absolute atomic E-state index is 12.6. The summed E-state index contributed by atoms with van der Waals surface area (Å²) in [5.41, 5.74) is 0.0101. The minimum absolute atomic E-state index is 0.00530. The Morgan fingerprint density at radius 2 is 2.00 bits per heavy atom. The summed E-state index contributed by atoms with van der Waals surface area (Å²) in [6, 6.07) is 10.8. The Hall–Kier alpha value is -3.14. The number of alkyl halides is 3. The largest absolute Gasteiger partial charge is 0.488 e. The van der Waals surface area contributed by atoms with E-state index in [-0.39, 0.29) is 17.9 Å². The average Bonchev–Trinajstić information content (AvgIpc) is 2.61. The van der Waals surface area contributed by atoms with Crippen molar-refractivity contribution in [2.45, 2.75) is 12.1 Å². The molecule has 0 radical (unpaired) electrons. The molecule has 2 heterocycles. The molecule has 0 amide bonds. The van der Waals surface area contributed by atoms with Gasteiger partial charge in [0.25, 0.3) is 0 Å². The maximum atomic E-state index is 12.6. The highest BCUT2D eigenvalue weighted by atomic mass is 19.4. The van der Waals surface area contributed by atoms with Crippen molar-refractivity contribution in [3.05, 3.63) is 65.0 Å². The van der Waals surface area contributed by atoms with Crippen molar-refractivity contribution in [3.63, 3.8) is 0 Å². The number of fused-ring (bicyclic) bond motifs is 1. The predicted molar refractivity (Wildman–Crippen MR) is 82.5 cm³/mol. The summed E-state index contributed by atoms with van der Waals surface area (Å²) in [5.74, 6) is -1.20. The fraction of sp³-hybridized carbons (Fsp3) is 0.167. The third-order valence-corrected chi connectivity index (χ3v) is 3.75. The van der Waals surface area contributed by atoms with E-state index in [1.165, 1.54) is 0 Å². The van der Waals surface area contributed by atoms with E-state index in [0.29, 0.717) is 17.5 Å². The predicted octanol–water partition coefficient (Wildman–Crippen LogP) is 3.75. The first-order valence-electron chi connectivity index (χ1n) is 7.29. The number of aromatic nitrogens is 1. The van der Waals surface area contributed by atoms with Crippen LogP contribution in [0.15, 0.2) is 48.2 Å². The Balaban J connectivity index is 1.88. The average molecular weight is 344 g/mol. The van der Waals surface area contributed by atoms with E-state index in [4.69, 9.17) is 4.74 Å². The molecule has 7 heteroatoms. The molecule has 0 unspecified atom stereocenters. The van der Waals surface area contributed by atoms with Crippen molar-refractivity contribution in [1.29, 1.82) is 5.26 Å². The highest BCUT2D eigenvalue weighted by molar-refractivity contribution is 6.06. The van der Waals surface area contributed by atoms with Gasteiger partial charge in [-0.2, -0.15) is 18.4 Å². The van der Waals surface area contributed by atoms with Gasteiger partial charge in [0.2, 0.25) is 0 Å². The highest BCUT2D eigenvalue weighted by Crippen LogP contribution is 2.31. The van der Waals surface area contributed by atoms with Gasteiger partial charge in [0.1, 0.15) is 12.4 Å². The molecule has 3 rings (SSSR count). The lowest BCUT2D eigenvalue weighted by Crippen LogP contribution is -2.21. The van der Waals surface area contributed by atoms with Crippen LogP contribution in [0.2, 0.25) is 0 Å². The number of para-hydroxylation sites is 1. The van der Waals surface area contributed by atoms with Crippen LogP contribution in [-0.2, 0) is 11.0 Å². The van der Waals surface area contributed by atoms with E-state index in [2.05, 4.69) is 4.98 Å². The van der Waals surface area contributed by atoms with Crippen LogP contribution in [0.4, 0.5) is 13.2 Å². The summed E-state index contributed by atoms with van der Waals surface area (Å²) in [5, 5.41) is 9.30. The molecule has 126 valence electrons. The standard InChI is InChI=1S/C18H11F3N2O2/c19-18(20,21)13-5-6-15(23-9-13)14(8-22)17(24)12-7-11-3-1-2-4-16(11)25-10-12/h1-7,9,14H,10H2/t14-/m0/s1. The van der Waals surface area contributed by atoms with Gasteiger partial charge in [0.05, 0.1) is 17.3 Å². The third-order valence-electron chi connectivity index (χ3n) is 3.75. The zero-order valence-electron chi connectivity index (χ0n) is 12.7. The van der Waals surface area contributed by atoms with E-state index in [9.17, 15) is 23.2 Å². The zero-order chi connectivity index (χ0) is 18.0.